The molecular formula is C22H22Cl2N2O2S. The highest BCUT2D eigenvalue weighted by Gasteiger charge is 2.47. The van der Waals surface area contributed by atoms with Gasteiger partial charge in [0.05, 0.1) is 4.87 Å². The predicted molar refractivity (Wildman–Crippen MR) is 119 cm³/mol. The van der Waals surface area contributed by atoms with E-state index < -0.39 is 0 Å². The fourth-order valence-corrected chi connectivity index (χ4v) is 6.14. The number of halogens is 2. The van der Waals surface area contributed by atoms with Crippen LogP contribution in [0.5, 0.6) is 0 Å². The van der Waals surface area contributed by atoms with E-state index in [1.807, 2.05) is 52.8 Å². The lowest BCUT2D eigenvalue weighted by Crippen LogP contribution is -2.53. The maximum absolute atomic E-state index is 13.2. The maximum atomic E-state index is 13.2. The van der Waals surface area contributed by atoms with E-state index in [2.05, 4.69) is 0 Å². The van der Waals surface area contributed by atoms with Gasteiger partial charge < -0.3 is 9.80 Å². The molecule has 4 nitrogen and oxygen atoms in total. The molecular weight excluding hydrogens is 427 g/mol. The molecule has 2 aliphatic heterocycles. The van der Waals surface area contributed by atoms with Gasteiger partial charge in [-0.1, -0.05) is 40.9 Å². The first kappa shape index (κ1) is 20.6. The molecule has 2 saturated heterocycles. The van der Waals surface area contributed by atoms with Crippen molar-refractivity contribution in [2.75, 3.05) is 25.4 Å². The Bertz CT molecular complexity index is 937. The van der Waals surface area contributed by atoms with Crippen LogP contribution in [0.3, 0.4) is 0 Å². The SMILES string of the molecule is Cc1cccc(C(=O)N2CCSC23CCN(C(=O)c2cc(Cl)cc(Cl)c2)CC3)c1. The number of carbonyl (C=O) groups is 2. The van der Waals surface area contributed by atoms with Gasteiger partial charge in [0.15, 0.2) is 0 Å². The van der Waals surface area contributed by atoms with Gasteiger partial charge in [0.2, 0.25) is 0 Å². The largest absolute Gasteiger partial charge is 0.338 e. The number of piperidine rings is 1. The molecule has 0 radical (unpaired) electrons. The second kappa shape index (κ2) is 8.21. The predicted octanol–water partition coefficient (Wildman–Crippen LogP) is 5.12. The summed E-state index contributed by atoms with van der Waals surface area (Å²) in [6, 6.07) is 12.7. The molecule has 0 bridgehead atoms. The fraction of sp³-hybridized carbons (Fsp3) is 0.364. The van der Waals surface area contributed by atoms with Crippen LogP contribution in [-0.2, 0) is 0 Å². The minimum absolute atomic E-state index is 0.0659. The van der Waals surface area contributed by atoms with Gasteiger partial charge in [0.1, 0.15) is 0 Å². The normalized spacial score (nSPS) is 18.3. The molecule has 2 heterocycles. The molecule has 2 aliphatic rings. The summed E-state index contributed by atoms with van der Waals surface area (Å²) in [6.45, 7) is 3.95. The lowest BCUT2D eigenvalue weighted by Gasteiger charge is -2.44. The van der Waals surface area contributed by atoms with Crippen molar-refractivity contribution in [2.24, 2.45) is 0 Å². The van der Waals surface area contributed by atoms with E-state index in [0.717, 1.165) is 36.3 Å². The average Bonchev–Trinajstić information content (AvgIpc) is 3.09. The van der Waals surface area contributed by atoms with Crippen molar-refractivity contribution in [1.29, 1.82) is 0 Å². The lowest BCUT2D eigenvalue weighted by molar-refractivity contribution is 0.0497. The highest BCUT2D eigenvalue weighted by atomic mass is 35.5. The fourth-order valence-electron chi connectivity index (χ4n) is 4.16. The molecule has 0 saturated carbocycles. The molecule has 7 heteroatoms. The van der Waals surface area contributed by atoms with E-state index in [4.69, 9.17) is 23.2 Å². The second-order valence-corrected chi connectivity index (χ2v) is 9.90. The highest BCUT2D eigenvalue weighted by molar-refractivity contribution is 8.00. The van der Waals surface area contributed by atoms with Crippen molar-refractivity contribution in [3.8, 4) is 0 Å². The van der Waals surface area contributed by atoms with Gasteiger partial charge in [-0.15, -0.1) is 11.8 Å². The third kappa shape index (κ3) is 4.14. The van der Waals surface area contributed by atoms with Crippen LogP contribution in [0.15, 0.2) is 42.5 Å². The van der Waals surface area contributed by atoms with Gasteiger partial charge in [-0.25, -0.2) is 0 Å². The zero-order chi connectivity index (χ0) is 20.6. The summed E-state index contributed by atoms with van der Waals surface area (Å²) < 4.78 is 0. The van der Waals surface area contributed by atoms with E-state index in [1.54, 1.807) is 18.2 Å². The summed E-state index contributed by atoms with van der Waals surface area (Å²) in [7, 11) is 0. The molecule has 152 valence electrons. The van der Waals surface area contributed by atoms with Crippen molar-refractivity contribution in [2.45, 2.75) is 24.6 Å². The van der Waals surface area contributed by atoms with Crippen molar-refractivity contribution in [3.63, 3.8) is 0 Å². The number of hydrogen-bond donors (Lipinski definition) is 0. The van der Waals surface area contributed by atoms with E-state index in [0.29, 0.717) is 28.7 Å². The summed E-state index contributed by atoms with van der Waals surface area (Å²) in [6.07, 6.45) is 1.52. The number of benzene rings is 2. The van der Waals surface area contributed by atoms with E-state index >= 15 is 0 Å². The van der Waals surface area contributed by atoms with Crippen LogP contribution in [0, 0.1) is 6.92 Å². The quantitative estimate of drug-likeness (QED) is 0.639. The van der Waals surface area contributed by atoms with Crippen molar-refractivity contribution >= 4 is 46.8 Å². The van der Waals surface area contributed by atoms with E-state index in [-0.39, 0.29) is 16.7 Å². The molecule has 4 rings (SSSR count). The number of aryl methyl sites for hydroxylation is 1. The third-order valence-corrected chi connectivity index (χ3v) is 7.62. The third-order valence-electron chi connectivity index (χ3n) is 5.63. The first-order valence-corrected chi connectivity index (χ1v) is 11.4. The minimum Gasteiger partial charge on any atom is -0.338 e. The first-order valence-electron chi connectivity index (χ1n) is 9.66. The lowest BCUT2D eigenvalue weighted by atomic mass is 9.99. The summed E-state index contributed by atoms with van der Waals surface area (Å²) in [5, 5.41) is 0.909. The number of nitrogens with zero attached hydrogens (tertiary/aromatic N) is 2. The van der Waals surface area contributed by atoms with Gasteiger partial charge >= 0.3 is 0 Å². The molecule has 0 aliphatic carbocycles. The van der Waals surface area contributed by atoms with Gasteiger partial charge in [0, 0.05) is 46.6 Å². The number of thioether (sulfide) groups is 1. The zero-order valence-corrected chi connectivity index (χ0v) is 18.5. The Labute approximate surface area is 185 Å². The van der Waals surface area contributed by atoms with Gasteiger partial charge in [-0.3, -0.25) is 9.59 Å². The molecule has 29 heavy (non-hydrogen) atoms. The summed E-state index contributed by atoms with van der Waals surface area (Å²) in [5.74, 6) is 0.944. The van der Waals surface area contributed by atoms with Gasteiger partial charge in [-0.05, 0) is 50.1 Å². The molecule has 0 aromatic heterocycles. The van der Waals surface area contributed by atoms with Crippen LogP contribution < -0.4 is 0 Å². The Morgan fingerprint density at radius 1 is 0.931 bits per heavy atom. The molecule has 2 aromatic rings. The zero-order valence-electron chi connectivity index (χ0n) is 16.2. The maximum Gasteiger partial charge on any atom is 0.255 e. The second-order valence-electron chi connectivity index (χ2n) is 7.57. The summed E-state index contributed by atoms with van der Waals surface area (Å²) >= 11 is 13.9. The van der Waals surface area contributed by atoms with Crippen LogP contribution in [-0.4, -0.2) is 51.9 Å². The number of carbonyl (C=O) groups excluding carboxylic acids is 2. The molecule has 2 fully saturated rings. The van der Waals surface area contributed by atoms with Crippen LogP contribution in [0.25, 0.3) is 0 Å². The topological polar surface area (TPSA) is 40.6 Å². The van der Waals surface area contributed by atoms with Crippen molar-refractivity contribution in [3.05, 3.63) is 69.2 Å². The highest BCUT2D eigenvalue weighted by Crippen LogP contribution is 2.44. The average molecular weight is 449 g/mol. The summed E-state index contributed by atoms with van der Waals surface area (Å²) in [5.41, 5.74) is 2.32. The first-order chi connectivity index (χ1) is 13.9. The Morgan fingerprint density at radius 2 is 1.62 bits per heavy atom. The molecule has 2 aromatic carbocycles. The van der Waals surface area contributed by atoms with Crippen molar-refractivity contribution < 1.29 is 9.59 Å². The molecule has 2 amide bonds. The standard InChI is InChI=1S/C22H22Cl2N2O2S/c1-15-3-2-4-16(11-15)21(28)26-9-10-29-22(26)5-7-25(8-6-22)20(27)17-12-18(23)14-19(24)13-17/h2-4,11-14H,5-10H2,1H3. The minimum atomic E-state index is -0.233. The molecule has 0 N–H and O–H groups in total. The Morgan fingerprint density at radius 3 is 2.28 bits per heavy atom. The van der Waals surface area contributed by atoms with Crippen LogP contribution in [0.2, 0.25) is 10.0 Å². The Hall–Kier alpha value is -1.69. The Kier molecular flexibility index (Phi) is 5.83. The number of likely N-dealkylation sites (tertiary alicyclic amines) is 1. The monoisotopic (exact) mass is 448 g/mol. The van der Waals surface area contributed by atoms with Crippen LogP contribution in [0.1, 0.15) is 39.1 Å². The van der Waals surface area contributed by atoms with E-state index in [9.17, 15) is 9.59 Å². The van der Waals surface area contributed by atoms with E-state index in [1.165, 1.54) is 0 Å². The smallest absolute Gasteiger partial charge is 0.255 e. The molecule has 0 unspecified atom stereocenters. The van der Waals surface area contributed by atoms with Crippen LogP contribution in [0.4, 0.5) is 0 Å². The number of amides is 2. The van der Waals surface area contributed by atoms with Crippen LogP contribution >= 0.6 is 35.0 Å². The van der Waals surface area contributed by atoms with Gasteiger partial charge in [0.25, 0.3) is 11.8 Å². The van der Waals surface area contributed by atoms with Gasteiger partial charge in [-0.2, -0.15) is 0 Å². The summed E-state index contributed by atoms with van der Waals surface area (Å²) in [4.78, 5) is 29.7. The Balaban J connectivity index is 1.48. The molecule has 1 spiro atoms. The number of hydrogen-bond acceptors (Lipinski definition) is 3. The van der Waals surface area contributed by atoms with Crippen molar-refractivity contribution in [1.82, 2.24) is 9.80 Å². The number of rotatable bonds is 2. The molecule has 0 atom stereocenters.